The Morgan fingerprint density at radius 2 is 2.50 bits per heavy atom. The van der Waals surface area contributed by atoms with Crippen LogP contribution in [0.5, 0.6) is 0 Å². The highest BCUT2D eigenvalue weighted by molar-refractivity contribution is 14.1. The minimum atomic E-state index is 0.606. The van der Waals surface area contributed by atoms with Crippen molar-refractivity contribution < 1.29 is 4.52 Å². The zero-order chi connectivity index (χ0) is 9.97. The van der Waals surface area contributed by atoms with Crippen molar-refractivity contribution in [2.75, 3.05) is 7.05 Å². The van der Waals surface area contributed by atoms with Gasteiger partial charge in [0.15, 0.2) is 5.82 Å². The Morgan fingerprint density at radius 1 is 1.64 bits per heavy atom. The molecule has 0 saturated carbocycles. The van der Waals surface area contributed by atoms with Crippen molar-refractivity contribution in [2.45, 2.75) is 6.54 Å². The molecule has 0 radical (unpaired) electrons. The van der Waals surface area contributed by atoms with Gasteiger partial charge in [0, 0.05) is 3.57 Å². The first-order chi connectivity index (χ1) is 6.81. The first kappa shape index (κ1) is 10.1. The average Bonchev–Trinajstić information content (AvgIpc) is 2.74. The van der Waals surface area contributed by atoms with Gasteiger partial charge in [0.1, 0.15) is 4.88 Å². The average molecular weight is 321 g/mol. The van der Waals surface area contributed by atoms with E-state index in [9.17, 15) is 0 Å². The van der Waals surface area contributed by atoms with Gasteiger partial charge in [0.25, 0.3) is 5.89 Å². The van der Waals surface area contributed by atoms with Gasteiger partial charge < -0.3 is 9.84 Å². The summed E-state index contributed by atoms with van der Waals surface area (Å²) in [6, 6.07) is 2.03. The standard InChI is InChI=1S/C8H8IN3OS/c1-10-4-6-11-8(13-12-6)7-5(9)2-3-14-7/h2-3,10H,4H2,1H3. The number of thiophene rings is 1. The third kappa shape index (κ3) is 1.96. The monoisotopic (exact) mass is 321 g/mol. The Kier molecular flexibility index (Phi) is 3.14. The number of hydrogen-bond acceptors (Lipinski definition) is 5. The summed E-state index contributed by atoms with van der Waals surface area (Å²) < 4.78 is 6.29. The fraction of sp³-hybridized carbons (Fsp3) is 0.250. The predicted octanol–water partition coefficient (Wildman–Crippen LogP) is 2.12. The molecule has 0 bridgehead atoms. The van der Waals surface area contributed by atoms with E-state index >= 15 is 0 Å². The molecule has 0 aliphatic carbocycles. The quantitative estimate of drug-likeness (QED) is 0.880. The lowest BCUT2D eigenvalue weighted by Crippen LogP contribution is -2.06. The van der Waals surface area contributed by atoms with Crippen LogP contribution in [0.15, 0.2) is 16.0 Å². The maximum Gasteiger partial charge on any atom is 0.269 e. The maximum atomic E-state index is 5.15. The van der Waals surface area contributed by atoms with Gasteiger partial charge in [-0.1, -0.05) is 5.16 Å². The molecular formula is C8H8IN3OS. The van der Waals surface area contributed by atoms with Crippen molar-refractivity contribution in [3.05, 3.63) is 20.8 Å². The molecule has 0 atom stereocenters. The van der Waals surface area contributed by atoms with Crippen LogP contribution >= 0.6 is 33.9 Å². The van der Waals surface area contributed by atoms with Crippen molar-refractivity contribution in [1.29, 1.82) is 0 Å². The van der Waals surface area contributed by atoms with Gasteiger partial charge in [0.05, 0.1) is 6.54 Å². The molecule has 0 amide bonds. The van der Waals surface area contributed by atoms with E-state index in [1.54, 1.807) is 11.3 Å². The van der Waals surface area contributed by atoms with Crippen LogP contribution in [-0.4, -0.2) is 17.2 Å². The van der Waals surface area contributed by atoms with Gasteiger partial charge in [-0.05, 0) is 41.1 Å². The fourth-order valence-electron chi connectivity index (χ4n) is 1.02. The number of rotatable bonds is 3. The van der Waals surface area contributed by atoms with Gasteiger partial charge in [-0.2, -0.15) is 4.98 Å². The van der Waals surface area contributed by atoms with Crippen LogP contribution in [0, 0.1) is 3.57 Å². The first-order valence-corrected chi connectivity index (χ1v) is 5.97. The van der Waals surface area contributed by atoms with Crippen LogP contribution in [-0.2, 0) is 6.54 Å². The van der Waals surface area contributed by atoms with E-state index in [0.29, 0.717) is 18.3 Å². The molecule has 1 N–H and O–H groups in total. The van der Waals surface area contributed by atoms with E-state index in [0.717, 1.165) is 8.45 Å². The van der Waals surface area contributed by atoms with Crippen molar-refractivity contribution >= 4 is 33.9 Å². The second kappa shape index (κ2) is 4.37. The van der Waals surface area contributed by atoms with Crippen molar-refractivity contribution in [3.8, 4) is 10.8 Å². The van der Waals surface area contributed by atoms with Crippen LogP contribution < -0.4 is 5.32 Å². The minimum absolute atomic E-state index is 0.606. The third-order valence-electron chi connectivity index (χ3n) is 1.61. The van der Waals surface area contributed by atoms with E-state index in [2.05, 4.69) is 38.0 Å². The molecule has 0 saturated heterocycles. The van der Waals surface area contributed by atoms with Crippen LogP contribution in [0.25, 0.3) is 10.8 Å². The van der Waals surface area contributed by atoms with Crippen LogP contribution in [0.3, 0.4) is 0 Å². The van der Waals surface area contributed by atoms with Crippen molar-refractivity contribution in [1.82, 2.24) is 15.5 Å². The molecule has 74 valence electrons. The number of nitrogens with one attached hydrogen (secondary N) is 1. The van der Waals surface area contributed by atoms with E-state index < -0.39 is 0 Å². The Balaban J connectivity index is 2.29. The summed E-state index contributed by atoms with van der Waals surface area (Å²) in [5.74, 6) is 1.29. The van der Waals surface area contributed by atoms with Gasteiger partial charge in [0.2, 0.25) is 0 Å². The van der Waals surface area contributed by atoms with Crippen LogP contribution in [0.2, 0.25) is 0 Å². The number of aromatic nitrogens is 2. The molecule has 14 heavy (non-hydrogen) atoms. The lowest BCUT2D eigenvalue weighted by molar-refractivity contribution is 0.421. The molecule has 2 heterocycles. The Bertz CT molecular complexity index is 426. The third-order valence-corrected chi connectivity index (χ3v) is 3.78. The molecule has 6 heteroatoms. The van der Waals surface area contributed by atoms with Gasteiger partial charge >= 0.3 is 0 Å². The maximum absolute atomic E-state index is 5.15. The molecule has 0 fully saturated rings. The Hall–Kier alpha value is -0.470. The SMILES string of the molecule is CNCc1noc(-c2sccc2I)n1. The number of halogens is 1. The topological polar surface area (TPSA) is 51.0 Å². The smallest absolute Gasteiger partial charge is 0.269 e. The number of hydrogen-bond donors (Lipinski definition) is 1. The number of nitrogens with zero attached hydrogens (tertiary/aromatic N) is 2. The summed E-state index contributed by atoms with van der Waals surface area (Å²) in [6.07, 6.45) is 0. The van der Waals surface area contributed by atoms with Gasteiger partial charge in [-0.15, -0.1) is 11.3 Å². The van der Waals surface area contributed by atoms with E-state index in [4.69, 9.17) is 4.52 Å². The highest BCUT2D eigenvalue weighted by atomic mass is 127. The first-order valence-electron chi connectivity index (χ1n) is 4.02. The summed E-state index contributed by atoms with van der Waals surface area (Å²) in [5, 5.41) is 8.84. The molecule has 4 nitrogen and oxygen atoms in total. The normalized spacial score (nSPS) is 10.7. The largest absolute Gasteiger partial charge is 0.333 e. The highest BCUT2D eigenvalue weighted by Crippen LogP contribution is 2.28. The summed E-state index contributed by atoms with van der Waals surface area (Å²) in [4.78, 5) is 5.31. The van der Waals surface area contributed by atoms with Gasteiger partial charge in [-0.25, -0.2) is 0 Å². The lowest BCUT2D eigenvalue weighted by atomic mass is 10.5. The lowest BCUT2D eigenvalue weighted by Gasteiger charge is -1.88. The molecule has 0 unspecified atom stereocenters. The molecule has 0 aromatic carbocycles. The molecule has 2 aromatic rings. The zero-order valence-electron chi connectivity index (χ0n) is 7.45. The highest BCUT2D eigenvalue weighted by Gasteiger charge is 2.12. The summed E-state index contributed by atoms with van der Waals surface area (Å²) >= 11 is 3.87. The zero-order valence-corrected chi connectivity index (χ0v) is 10.4. The Morgan fingerprint density at radius 3 is 3.14 bits per heavy atom. The second-order valence-electron chi connectivity index (χ2n) is 2.64. The van der Waals surface area contributed by atoms with Crippen LogP contribution in [0.4, 0.5) is 0 Å². The van der Waals surface area contributed by atoms with Crippen molar-refractivity contribution in [2.24, 2.45) is 0 Å². The fourth-order valence-corrected chi connectivity index (χ4v) is 2.76. The Labute approximate surface area is 98.9 Å². The molecule has 0 aliphatic rings. The van der Waals surface area contributed by atoms with E-state index in [1.165, 1.54) is 0 Å². The predicted molar refractivity (Wildman–Crippen MR) is 63.1 cm³/mol. The summed E-state index contributed by atoms with van der Waals surface area (Å²) in [6.45, 7) is 0.630. The minimum Gasteiger partial charge on any atom is -0.333 e. The van der Waals surface area contributed by atoms with Gasteiger partial charge in [-0.3, -0.25) is 0 Å². The van der Waals surface area contributed by atoms with Crippen molar-refractivity contribution in [3.63, 3.8) is 0 Å². The van der Waals surface area contributed by atoms with E-state index in [1.807, 2.05) is 18.5 Å². The molecule has 2 rings (SSSR count). The van der Waals surface area contributed by atoms with E-state index in [-0.39, 0.29) is 0 Å². The summed E-state index contributed by atoms with van der Waals surface area (Å²) in [7, 11) is 1.85. The molecule has 0 aliphatic heterocycles. The molecular weight excluding hydrogens is 313 g/mol. The molecule has 0 spiro atoms. The summed E-state index contributed by atoms with van der Waals surface area (Å²) in [5.41, 5.74) is 0. The van der Waals surface area contributed by atoms with Crippen LogP contribution in [0.1, 0.15) is 5.82 Å². The molecule has 2 aromatic heterocycles. The second-order valence-corrected chi connectivity index (χ2v) is 4.72.